The van der Waals surface area contributed by atoms with E-state index in [1.165, 1.54) is 44.9 Å². The number of para-hydroxylation sites is 1. The second-order valence-electron chi connectivity index (χ2n) is 7.83. The number of hydrogen-bond acceptors (Lipinski definition) is 2. The molecule has 2 fully saturated rings. The fourth-order valence-corrected chi connectivity index (χ4v) is 4.26. The zero-order valence-corrected chi connectivity index (χ0v) is 15.7. The molecule has 1 heterocycles. The number of likely N-dealkylation sites (tertiary alicyclic amines) is 1. The second-order valence-corrected chi connectivity index (χ2v) is 7.83. The fraction of sp³-hybridized carbons (Fsp3) is 0.667. The Labute approximate surface area is 152 Å². The first-order valence-corrected chi connectivity index (χ1v) is 10.1. The van der Waals surface area contributed by atoms with Crippen molar-refractivity contribution in [1.29, 1.82) is 0 Å². The Bertz CT molecular complexity index is 542. The van der Waals surface area contributed by atoms with E-state index in [0.717, 1.165) is 31.3 Å². The molecule has 1 aliphatic carbocycles. The van der Waals surface area contributed by atoms with Gasteiger partial charge in [0.1, 0.15) is 0 Å². The number of hydrogen-bond donors (Lipinski definition) is 2. The van der Waals surface area contributed by atoms with Crippen molar-refractivity contribution in [3.8, 4) is 0 Å². The molecule has 1 aromatic rings. The number of nitrogens with two attached hydrogens (primary N) is 1. The van der Waals surface area contributed by atoms with Gasteiger partial charge >= 0.3 is 0 Å². The van der Waals surface area contributed by atoms with Gasteiger partial charge in [-0.3, -0.25) is 4.99 Å². The summed E-state index contributed by atoms with van der Waals surface area (Å²) < 4.78 is 0. The number of nitrogens with one attached hydrogen (secondary N) is 1. The van der Waals surface area contributed by atoms with Crippen molar-refractivity contribution in [2.45, 2.75) is 57.9 Å². The number of benzene rings is 1. The number of aliphatic imine (C=N–C) groups is 1. The first kappa shape index (κ1) is 18.2. The molecule has 0 spiro atoms. The second kappa shape index (κ2) is 9.23. The molecular weight excluding hydrogens is 308 g/mol. The van der Waals surface area contributed by atoms with Crippen LogP contribution in [0.3, 0.4) is 0 Å². The highest BCUT2D eigenvalue weighted by Crippen LogP contribution is 2.29. The minimum Gasteiger partial charge on any atom is -0.340 e. The van der Waals surface area contributed by atoms with Crippen LogP contribution in [-0.2, 0) is 0 Å². The van der Waals surface area contributed by atoms with E-state index in [0.29, 0.717) is 17.9 Å². The van der Waals surface area contributed by atoms with Gasteiger partial charge < -0.3 is 16.0 Å². The average molecular weight is 343 g/mol. The molecule has 0 radical (unpaired) electrons. The summed E-state index contributed by atoms with van der Waals surface area (Å²) in [6.45, 7) is 5.19. The van der Waals surface area contributed by atoms with Crippen LogP contribution in [0.15, 0.2) is 35.3 Å². The molecule has 1 aromatic carbocycles. The molecule has 138 valence electrons. The Balaban J connectivity index is 1.70. The van der Waals surface area contributed by atoms with Crippen LogP contribution in [0.25, 0.3) is 0 Å². The summed E-state index contributed by atoms with van der Waals surface area (Å²) >= 11 is 0. The zero-order chi connectivity index (χ0) is 17.5. The third-order valence-electron chi connectivity index (χ3n) is 5.83. The maximum atomic E-state index is 5.90. The highest BCUT2D eigenvalue weighted by molar-refractivity contribution is 5.93. The van der Waals surface area contributed by atoms with Crippen LogP contribution in [-0.4, -0.2) is 36.5 Å². The molecule has 3 rings (SSSR count). The van der Waals surface area contributed by atoms with Crippen LogP contribution in [0.5, 0.6) is 0 Å². The SMILES string of the molecule is CC1CCCCN1C(=NCC1CCCC(CN)C1)Nc1ccccc1. The molecule has 0 bridgehead atoms. The van der Waals surface area contributed by atoms with Crippen molar-refractivity contribution in [3.63, 3.8) is 0 Å². The Morgan fingerprint density at radius 1 is 1.12 bits per heavy atom. The van der Waals surface area contributed by atoms with E-state index in [-0.39, 0.29) is 0 Å². The highest BCUT2D eigenvalue weighted by Gasteiger charge is 2.24. The molecule has 0 aromatic heterocycles. The number of nitrogens with zero attached hydrogens (tertiary/aromatic N) is 2. The van der Waals surface area contributed by atoms with Crippen molar-refractivity contribution < 1.29 is 0 Å². The van der Waals surface area contributed by atoms with Gasteiger partial charge in [-0.15, -0.1) is 0 Å². The van der Waals surface area contributed by atoms with Gasteiger partial charge in [0.15, 0.2) is 5.96 Å². The normalized spacial score (nSPS) is 28.0. The van der Waals surface area contributed by atoms with Gasteiger partial charge in [-0.05, 0) is 76.0 Å². The zero-order valence-electron chi connectivity index (χ0n) is 15.7. The molecule has 1 saturated carbocycles. The molecule has 4 nitrogen and oxygen atoms in total. The molecular formula is C21H34N4. The van der Waals surface area contributed by atoms with Gasteiger partial charge in [-0.1, -0.05) is 24.6 Å². The van der Waals surface area contributed by atoms with E-state index >= 15 is 0 Å². The maximum absolute atomic E-state index is 5.90. The molecule has 1 saturated heterocycles. The molecule has 1 aliphatic heterocycles. The number of rotatable bonds is 4. The lowest BCUT2D eigenvalue weighted by atomic mass is 9.81. The van der Waals surface area contributed by atoms with Crippen LogP contribution in [0.1, 0.15) is 51.9 Å². The van der Waals surface area contributed by atoms with E-state index in [1.807, 2.05) is 0 Å². The van der Waals surface area contributed by atoms with Gasteiger partial charge in [0.25, 0.3) is 0 Å². The van der Waals surface area contributed by atoms with Crippen molar-refractivity contribution in [1.82, 2.24) is 4.90 Å². The van der Waals surface area contributed by atoms with Crippen molar-refractivity contribution in [2.75, 3.05) is 25.0 Å². The number of anilines is 1. The van der Waals surface area contributed by atoms with Crippen molar-refractivity contribution in [2.24, 2.45) is 22.6 Å². The van der Waals surface area contributed by atoms with E-state index in [2.05, 4.69) is 47.5 Å². The van der Waals surface area contributed by atoms with Gasteiger partial charge in [0.2, 0.25) is 0 Å². The average Bonchev–Trinajstić information content (AvgIpc) is 2.67. The third kappa shape index (κ3) is 5.21. The number of piperidine rings is 1. The van der Waals surface area contributed by atoms with E-state index in [4.69, 9.17) is 10.7 Å². The predicted molar refractivity (Wildman–Crippen MR) is 107 cm³/mol. The molecule has 3 unspecified atom stereocenters. The molecule has 25 heavy (non-hydrogen) atoms. The van der Waals surface area contributed by atoms with Crippen LogP contribution in [0, 0.1) is 11.8 Å². The quantitative estimate of drug-likeness (QED) is 0.640. The summed E-state index contributed by atoms with van der Waals surface area (Å²) in [5.41, 5.74) is 7.03. The topological polar surface area (TPSA) is 53.6 Å². The Kier molecular flexibility index (Phi) is 6.74. The summed E-state index contributed by atoms with van der Waals surface area (Å²) in [7, 11) is 0. The molecule has 0 amide bonds. The minimum absolute atomic E-state index is 0.562. The van der Waals surface area contributed by atoms with Crippen LogP contribution >= 0.6 is 0 Å². The van der Waals surface area contributed by atoms with Crippen LogP contribution in [0.4, 0.5) is 5.69 Å². The maximum Gasteiger partial charge on any atom is 0.198 e. The smallest absolute Gasteiger partial charge is 0.198 e. The third-order valence-corrected chi connectivity index (χ3v) is 5.83. The van der Waals surface area contributed by atoms with Gasteiger partial charge in [0.05, 0.1) is 0 Å². The fourth-order valence-electron chi connectivity index (χ4n) is 4.26. The predicted octanol–water partition coefficient (Wildman–Crippen LogP) is 4.09. The standard InChI is InChI=1S/C21H34N4/c1-17-8-5-6-13-25(17)21(24-20-11-3-2-4-12-20)23-16-19-10-7-9-18(14-19)15-22/h2-4,11-12,17-19H,5-10,13-16,22H2,1H3,(H,23,24). The summed E-state index contributed by atoms with van der Waals surface area (Å²) in [4.78, 5) is 7.55. The lowest BCUT2D eigenvalue weighted by Crippen LogP contribution is -2.45. The van der Waals surface area contributed by atoms with Crippen LogP contribution < -0.4 is 11.1 Å². The van der Waals surface area contributed by atoms with Gasteiger partial charge in [0, 0.05) is 24.8 Å². The Morgan fingerprint density at radius 2 is 1.92 bits per heavy atom. The van der Waals surface area contributed by atoms with E-state index in [1.54, 1.807) is 0 Å². The first-order chi connectivity index (χ1) is 12.3. The largest absolute Gasteiger partial charge is 0.340 e. The monoisotopic (exact) mass is 342 g/mol. The lowest BCUT2D eigenvalue weighted by molar-refractivity contribution is 0.253. The van der Waals surface area contributed by atoms with Gasteiger partial charge in [-0.25, -0.2) is 0 Å². The van der Waals surface area contributed by atoms with E-state index < -0.39 is 0 Å². The van der Waals surface area contributed by atoms with Crippen LogP contribution in [0.2, 0.25) is 0 Å². The molecule has 2 aliphatic rings. The molecule has 3 atom stereocenters. The molecule has 3 N–H and O–H groups in total. The van der Waals surface area contributed by atoms with Gasteiger partial charge in [-0.2, -0.15) is 0 Å². The summed E-state index contributed by atoms with van der Waals surface area (Å²) in [5.74, 6) is 2.46. The summed E-state index contributed by atoms with van der Waals surface area (Å²) in [6, 6.07) is 11.0. The molecule has 4 heteroatoms. The summed E-state index contributed by atoms with van der Waals surface area (Å²) in [6.07, 6.45) is 9.00. The Morgan fingerprint density at radius 3 is 2.68 bits per heavy atom. The Hall–Kier alpha value is -1.55. The minimum atomic E-state index is 0.562. The van der Waals surface area contributed by atoms with Crippen molar-refractivity contribution in [3.05, 3.63) is 30.3 Å². The number of guanidine groups is 1. The summed E-state index contributed by atoms with van der Waals surface area (Å²) in [5, 5.41) is 3.60. The first-order valence-electron chi connectivity index (χ1n) is 10.1. The van der Waals surface area contributed by atoms with E-state index in [9.17, 15) is 0 Å². The van der Waals surface area contributed by atoms with Crippen molar-refractivity contribution >= 4 is 11.6 Å². The lowest BCUT2D eigenvalue weighted by Gasteiger charge is -2.36. The highest BCUT2D eigenvalue weighted by atomic mass is 15.3.